The molecule has 0 amide bonds. The van der Waals surface area contributed by atoms with Gasteiger partial charge in [0.2, 0.25) is 0 Å². The minimum absolute atomic E-state index is 0.0798. The standard InChI is InChI=1S/C10H7BrF3N3O/c11-5-3-4(1-2-6(5)12)7(15)9-16-10(8(13)14)18-17-9/h1-3,7-8H,15H2. The van der Waals surface area contributed by atoms with Gasteiger partial charge < -0.3 is 10.3 Å². The molecule has 0 spiro atoms. The molecule has 8 heteroatoms. The topological polar surface area (TPSA) is 64.9 Å². The lowest BCUT2D eigenvalue weighted by atomic mass is 10.1. The summed E-state index contributed by atoms with van der Waals surface area (Å²) in [6, 6.07) is 3.19. The van der Waals surface area contributed by atoms with Crippen LogP contribution in [0, 0.1) is 5.82 Å². The number of rotatable bonds is 3. The van der Waals surface area contributed by atoms with Gasteiger partial charge in [-0.15, -0.1) is 0 Å². The van der Waals surface area contributed by atoms with E-state index in [0.717, 1.165) is 0 Å². The van der Waals surface area contributed by atoms with Crippen molar-refractivity contribution >= 4 is 15.9 Å². The molecule has 0 fully saturated rings. The first-order chi connectivity index (χ1) is 8.49. The molecule has 0 bridgehead atoms. The molecular weight excluding hydrogens is 315 g/mol. The van der Waals surface area contributed by atoms with E-state index in [2.05, 4.69) is 30.6 Å². The lowest BCUT2D eigenvalue weighted by Gasteiger charge is -2.07. The molecule has 18 heavy (non-hydrogen) atoms. The van der Waals surface area contributed by atoms with Gasteiger partial charge in [-0.2, -0.15) is 13.8 Å². The minimum atomic E-state index is -2.85. The van der Waals surface area contributed by atoms with Gasteiger partial charge in [0.15, 0.2) is 5.82 Å². The number of alkyl halides is 2. The maximum Gasteiger partial charge on any atom is 0.315 e. The maximum atomic E-state index is 13.0. The van der Waals surface area contributed by atoms with Crippen molar-refractivity contribution < 1.29 is 17.7 Å². The van der Waals surface area contributed by atoms with Crippen LogP contribution in [-0.2, 0) is 0 Å². The van der Waals surface area contributed by atoms with Gasteiger partial charge >= 0.3 is 6.43 Å². The van der Waals surface area contributed by atoms with E-state index in [9.17, 15) is 13.2 Å². The van der Waals surface area contributed by atoms with Crippen LogP contribution < -0.4 is 5.73 Å². The molecule has 96 valence electrons. The molecular formula is C10H7BrF3N3O. The summed E-state index contributed by atoms with van der Waals surface area (Å²) in [5, 5.41) is 3.37. The zero-order chi connectivity index (χ0) is 13.3. The van der Waals surface area contributed by atoms with Crippen LogP contribution in [0.5, 0.6) is 0 Å². The van der Waals surface area contributed by atoms with Crippen LogP contribution in [0.4, 0.5) is 13.2 Å². The number of aromatic nitrogens is 2. The van der Waals surface area contributed by atoms with Crippen molar-refractivity contribution in [2.24, 2.45) is 5.73 Å². The van der Waals surface area contributed by atoms with E-state index in [1.165, 1.54) is 18.2 Å². The van der Waals surface area contributed by atoms with Crippen LogP contribution in [0.1, 0.15) is 29.7 Å². The second-order valence-electron chi connectivity index (χ2n) is 3.44. The Labute approximate surface area is 108 Å². The first kappa shape index (κ1) is 13.0. The van der Waals surface area contributed by atoms with E-state index >= 15 is 0 Å². The third kappa shape index (κ3) is 2.54. The monoisotopic (exact) mass is 321 g/mol. The van der Waals surface area contributed by atoms with Gasteiger partial charge in [0.25, 0.3) is 5.89 Å². The molecule has 2 aromatic rings. The summed E-state index contributed by atoms with van der Waals surface area (Å²) in [6.45, 7) is 0. The van der Waals surface area contributed by atoms with Crippen LogP contribution >= 0.6 is 15.9 Å². The summed E-state index contributed by atoms with van der Waals surface area (Å²) in [5.41, 5.74) is 6.25. The van der Waals surface area contributed by atoms with Crippen molar-refractivity contribution in [2.45, 2.75) is 12.5 Å². The Morgan fingerprint density at radius 1 is 1.33 bits per heavy atom. The smallest absolute Gasteiger partial charge is 0.315 e. The highest BCUT2D eigenvalue weighted by atomic mass is 79.9. The van der Waals surface area contributed by atoms with Gasteiger partial charge in [-0.1, -0.05) is 11.2 Å². The van der Waals surface area contributed by atoms with Crippen molar-refractivity contribution in [3.8, 4) is 0 Å². The number of benzene rings is 1. The highest BCUT2D eigenvalue weighted by Gasteiger charge is 2.21. The van der Waals surface area contributed by atoms with E-state index in [-0.39, 0.29) is 10.3 Å². The van der Waals surface area contributed by atoms with Crippen LogP contribution in [-0.4, -0.2) is 10.1 Å². The predicted octanol–water partition coefficient (Wildman–Crippen LogP) is 2.96. The number of hydrogen-bond donors (Lipinski definition) is 1. The molecule has 4 nitrogen and oxygen atoms in total. The van der Waals surface area contributed by atoms with Gasteiger partial charge in [0.05, 0.1) is 10.5 Å². The Bertz CT molecular complexity index is 561. The molecule has 2 N–H and O–H groups in total. The lowest BCUT2D eigenvalue weighted by molar-refractivity contribution is 0.106. The van der Waals surface area contributed by atoms with Crippen molar-refractivity contribution in [3.05, 3.63) is 45.8 Å². The van der Waals surface area contributed by atoms with Gasteiger partial charge in [-0.05, 0) is 33.6 Å². The van der Waals surface area contributed by atoms with Gasteiger partial charge in [-0.3, -0.25) is 0 Å². The molecule has 1 unspecified atom stereocenters. The number of nitrogens with two attached hydrogens (primary N) is 1. The Hall–Kier alpha value is -1.41. The first-order valence-corrected chi connectivity index (χ1v) is 5.60. The van der Waals surface area contributed by atoms with E-state index < -0.39 is 24.2 Å². The lowest BCUT2D eigenvalue weighted by Crippen LogP contribution is -2.13. The molecule has 0 saturated heterocycles. The summed E-state index contributed by atoms with van der Waals surface area (Å²) in [6.07, 6.45) is -2.85. The molecule has 0 aliphatic heterocycles. The van der Waals surface area contributed by atoms with E-state index in [1.807, 2.05) is 0 Å². The fourth-order valence-corrected chi connectivity index (χ4v) is 1.71. The number of nitrogens with zero attached hydrogens (tertiary/aromatic N) is 2. The molecule has 1 aromatic heterocycles. The van der Waals surface area contributed by atoms with Crippen molar-refractivity contribution in [2.75, 3.05) is 0 Å². The number of hydrogen-bond acceptors (Lipinski definition) is 4. The Morgan fingerprint density at radius 2 is 2.06 bits per heavy atom. The zero-order valence-electron chi connectivity index (χ0n) is 8.78. The van der Waals surface area contributed by atoms with E-state index in [1.54, 1.807) is 0 Å². The quantitative estimate of drug-likeness (QED) is 0.943. The first-order valence-electron chi connectivity index (χ1n) is 4.81. The second-order valence-corrected chi connectivity index (χ2v) is 4.30. The summed E-state index contributed by atoms with van der Waals surface area (Å²) in [7, 11) is 0. The summed E-state index contributed by atoms with van der Waals surface area (Å²) in [4.78, 5) is 3.48. The predicted molar refractivity (Wildman–Crippen MR) is 59.4 cm³/mol. The molecule has 0 saturated carbocycles. The Kier molecular flexibility index (Phi) is 3.67. The van der Waals surface area contributed by atoms with Gasteiger partial charge in [0, 0.05) is 0 Å². The molecule has 0 aliphatic carbocycles. The number of halogens is 4. The van der Waals surface area contributed by atoms with Gasteiger partial charge in [0.1, 0.15) is 5.82 Å². The third-order valence-electron chi connectivity index (χ3n) is 2.23. The van der Waals surface area contributed by atoms with Crippen LogP contribution in [0.15, 0.2) is 27.2 Å². The fourth-order valence-electron chi connectivity index (χ4n) is 1.32. The summed E-state index contributed by atoms with van der Waals surface area (Å²) < 4.78 is 42.1. The average Bonchev–Trinajstić information content (AvgIpc) is 2.81. The summed E-state index contributed by atoms with van der Waals surface area (Å²) >= 11 is 3.00. The average molecular weight is 322 g/mol. The summed E-state index contributed by atoms with van der Waals surface area (Å²) in [5.74, 6) is -1.32. The van der Waals surface area contributed by atoms with Crippen molar-refractivity contribution in [1.82, 2.24) is 10.1 Å². The van der Waals surface area contributed by atoms with Gasteiger partial charge in [-0.25, -0.2) is 4.39 Å². The van der Waals surface area contributed by atoms with E-state index in [4.69, 9.17) is 5.73 Å². The van der Waals surface area contributed by atoms with Crippen molar-refractivity contribution in [1.29, 1.82) is 0 Å². The molecule has 0 aliphatic rings. The fraction of sp³-hybridized carbons (Fsp3) is 0.200. The van der Waals surface area contributed by atoms with Crippen molar-refractivity contribution in [3.63, 3.8) is 0 Å². The van der Waals surface area contributed by atoms with Crippen LogP contribution in [0.2, 0.25) is 0 Å². The molecule has 1 heterocycles. The molecule has 2 rings (SSSR count). The Balaban J connectivity index is 2.29. The molecule has 1 aromatic carbocycles. The second kappa shape index (κ2) is 5.07. The highest BCUT2D eigenvalue weighted by molar-refractivity contribution is 9.10. The maximum absolute atomic E-state index is 13.0. The largest absolute Gasteiger partial charge is 0.333 e. The van der Waals surface area contributed by atoms with Crippen LogP contribution in [0.3, 0.4) is 0 Å². The minimum Gasteiger partial charge on any atom is -0.333 e. The SMILES string of the molecule is NC(c1ccc(F)c(Br)c1)c1noc(C(F)F)n1. The van der Waals surface area contributed by atoms with E-state index in [0.29, 0.717) is 5.56 Å². The highest BCUT2D eigenvalue weighted by Crippen LogP contribution is 2.24. The third-order valence-corrected chi connectivity index (χ3v) is 2.83. The van der Waals surface area contributed by atoms with Crippen LogP contribution in [0.25, 0.3) is 0 Å². The molecule has 1 atom stereocenters. The molecule has 0 radical (unpaired) electrons. The normalized spacial score (nSPS) is 13.0. The Morgan fingerprint density at radius 3 is 2.61 bits per heavy atom. The zero-order valence-corrected chi connectivity index (χ0v) is 10.4.